The van der Waals surface area contributed by atoms with Gasteiger partial charge in [0.2, 0.25) is 0 Å². The summed E-state index contributed by atoms with van der Waals surface area (Å²) in [6, 6.07) is 12.6. The molecule has 136 valence electrons. The number of carbonyl (C=O) groups is 3. The lowest BCUT2D eigenvalue weighted by molar-refractivity contribution is -0.142. The molecule has 1 N–H and O–H groups in total. The summed E-state index contributed by atoms with van der Waals surface area (Å²) in [6.07, 6.45) is 0.272. The van der Waals surface area contributed by atoms with Crippen molar-refractivity contribution in [3.8, 4) is 0 Å². The van der Waals surface area contributed by atoms with E-state index in [2.05, 4.69) is 26.0 Å². The third-order valence-electron chi connectivity index (χ3n) is 3.67. The van der Waals surface area contributed by atoms with Crippen LogP contribution in [0.1, 0.15) is 26.3 Å². The average Bonchev–Trinajstić information content (AvgIpc) is 2.66. The first kappa shape index (κ1) is 19.7. The van der Waals surface area contributed by atoms with E-state index in [0.29, 0.717) is 0 Å². The largest absolute Gasteiger partial charge is 0.467 e. The summed E-state index contributed by atoms with van der Waals surface area (Å²) in [4.78, 5) is 36.2. The number of ether oxygens (including phenoxy) is 2. The maximum absolute atomic E-state index is 12.5. The maximum Gasteiger partial charge on any atom is 0.337 e. The quantitative estimate of drug-likeness (QED) is 0.727. The number of benzene rings is 2. The monoisotopic (exact) mass is 419 g/mol. The van der Waals surface area contributed by atoms with Crippen LogP contribution in [-0.4, -0.2) is 38.1 Å². The van der Waals surface area contributed by atoms with Crippen LogP contribution in [0, 0.1) is 0 Å². The van der Waals surface area contributed by atoms with Crippen molar-refractivity contribution in [3.05, 3.63) is 69.7 Å². The molecule has 0 saturated carbocycles. The Kier molecular flexibility index (Phi) is 6.91. The molecule has 1 amide bonds. The summed E-state index contributed by atoms with van der Waals surface area (Å²) < 4.78 is 10.3. The number of hydrogen-bond donors (Lipinski definition) is 1. The van der Waals surface area contributed by atoms with Crippen LogP contribution in [0.25, 0.3) is 0 Å². The molecule has 6 nitrogen and oxygen atoms in total. The predicted octanol–water partition coefficient (Wildman–Crippen LogP) is 2.75. The van der Waals surface area contributed by atoms with E-state index < -0.39 is 23.9 Å². The van der Waals surface area contributed by atoms with E-state index in [-0.39, 0.29) is 17.5 Å². The normalized spacial score (nSPS) is 11.3. The number of hydrogen-bond acceptors (Lipinski definition) is 5. The van der Waals surface area contributed by atoms with Crippen molar-refractivity contribution in [3.63, 3.8) is 0 Å². The van der Waals surface area contributed by atoms with Gasteiger partial charge in [-0.05, 0) is 35.9 Å². The van der Waals surface area contributed by atoms with Gasteiger partial charge in [-0.15, -0.1) is 0 Å². The summed E-state index contributed by atoms with van der Waals surface area (Å²) in [7, 11) is 2.53. The molecule has 0 unspecified atom stereocenters. The molecular formula is C19H18BrNO5. The van der Waals surface area contributed by atoms with Crippen LogP contribution in [0.15, 0.2) is 53.0 Å². The molecule has 0 spiro atoms. The molecule has 0 heterocycles. The lowest BCUT2D eigenvalue weighted by Crippen LogP contribution is -2.43. The van der Waals surface area contributed by atoms with Crippen LogP contribution in [0.3, 0.4) is 0 Å². The minimum Gasteiger partial charge on any atom is -0.467 e. The second kappa shape index (κ2) is 9.15. The highest BCUT2D eigenvalue weighted by atomic mass is 79.9. The highest BCUT2D eigenvalue weighted by Gasteiger charge is 2.23. The lowest BCUT2D eigenvalue weighted by atomic mass is 10.0. The van der Waals surface area contributed by atoms with Crippen molar-refractivity contribution in [2.45, 2.75) is 12.5 Å². The Balaban J connectivity index is 2.18. The van der Waals surface area contributed by atoms with Crippen LogP contribution >= 0.6 is 15.9 Å². The van der Waals surface area contributed by atoms with Gasteiger partial charge in [-0.2, -0.15) is 0 Å². The maximum atomic E-state index is 12.5. The van der Waals surface area contributed by atoms with E-state index in [0.717, 1.165) is 10.0 Å². The number of methoxy groups -OCH3 is 2. The second-order valence-electron chi connectivity index (χ2n) is 5.46. The fourth-order valence-corrected chi connectivity index (χ4v) is 2.83. The summed E-state index contributed by atoms with van der Waals surface area (Å²) >= 11 is 3.37. The number of rotatable bonds is 6. The SMILES string of the molecule is COC(=O)c1cccc(C(=O)N[C@@H](Cc2cccc(Br)c2)C(=O)OC)c1. The first-order valence-electron chi connectivity index (χ1n) is 7.76. The van der Waals surface area contributed by atoms with Crippen molar-refractivity contribution in [2.75, 3.05) is 14.2 Å². The van der Waals surface area contributed by atoms with Crippen LogP contribution in [-0.2, 0) is 20.7 Å². The first-order valence-corrected chi connectivity index (χ1v) is 8.55. The molecule has 0 radical (unpaired) electrons. The van der Waals surface area contributed by atoms with Crippen LogP contribution in [0.4, 0.5) is 0 Å². The van der Waals surface area contributed by atoms with Crippen LogP contribution in [0.5, 0.6) is 0 Å². The Morgan fingerprint density at radius 3 is 2.35 bits per heavy atom. The second-order valence-corrected chi connectivity index (χ2v) is 6.37. The average molecular weight is 420 g/mol. The van der Waals surface area contributed by atoms with Gasteiger partial charge in [-0.3, -0.25) is 4.79 Å². The van der Waals surface area contributed by atoms with Crippen molar-refractivity contribution < 1.29 is 23.9 Å². The third-order valence-corrected chi connectivity index (χ3v) is 4.16. The minimum absolute atomic E-state index is 0.246. The van der Waals surface area contributed by atoms with E-state index in [1.54, 1.807) is 18.2 Å². The number of amides is 1. The van der Waals surface area contributed by atoms with E-state index in [4.69, 9.17) is 4.74 Å². The van der Waals surface area contributed by atoms with Gasteiger partial charge < -0.3 is 14.8 Å². The fraction of sp³-hybridized carbons (Fsp3) is 0.211. The van der Waals surface area contributed by atoms with Gasteiger partial charge >= 0.3 is 11.9 Å². The molecular weight excluding hydrogens is 402 g/mol. The molecule has 26 heavy (non-hydrogen) atoms. The number of halogens is 1. The van der Waals surface area contributed by atoms with Gasteiger partial charge in [0.1, 0.15) is 6.04 Å². The van der Waals surface area contributed by atoms with Gasteiger partial charge in [0.15, 0.2) is 0 Å². The van der Waals surface area contributed by atoms with Gasteiger partial charge in [-0.25, -0.2) is 9.59 Å². The van der Waals surface area contributed by atoms with Crippen LogP contribution in [0.2, 0.25) is 0 Å². The van der Waals surface area contributed by atoms with Crippen molar-refractivity contribution in [2.24, 2.45) is 0 Å². The Morgan fingerprint density at radius 1 is 1.00 bits per heavy atom. The van der Waals surface area contributed by atoms with E-state index >= 15 is 0 Å². The highest BCUT2D eigenvalue weighted by molar-refractivity contribution is 9.10. The predicted molar refractivity (Wildman–Crippen MR) is 98.9 cm³/mol. The standard InChI is InChI=1S/C19H18BrNO5/c1-25-18(23)14-7-4-6-13(11-14)17(22)21-16(19(24)26-2)10-12-5-3-8-15(20)9-12/h3-9,11,16H,10H2,1-2H3,(H,21,22)/t16-/m0/s1. The summed E-state index contributed by atoms with van der Waals surface area (Å²) in [6.45, 7) is 0. The molecule has 0 fully saturated rings. The zero-order chi connectivity index (χ0) is 19.1. The minimum atomic E-state index is -0.858. The Bertz CT molecular complexity index is 821. The zero-order valence-corrected chi connectivity index (χ0v) is 15.9. The molecule has 2 aromatic carbocycles. The van der Waals surface area contributed by atoms with Gasteiger partial charge in [0.05, 0.1) is 19.8 Å². The van der Waals surface area contributed by atoms with E-state index in [1.807, 2.05) is 24.3 Å². The Hall–Kier alpha value is -2.67. The fourth-order valence-electron chi connectivity index (χ4n) is 2.38. The van der Waals surface area contributed by atoms with Crippen molar-refractivity contribution in [1.29, 1.82) is 0 Å². The lowest BCUT2D eigenvalue weighted by Gasteiger charge is -2.17. The highest BCUT2D eigenvalue weighted by Crippen LogP contribution is 2.14. The number of esters is 2. The van der Waals surface area contributed by atoms with Crippen LogP contribution < -0.4 is 5.32 Å². The molecule has 0 aliphatic heterocycles. The number of nitrogens with one attached hydrogen (secondary N) is 1. The molecule has 0 aromatic heterocycles. The van der Waals surface area contributed by atoms with Gasteiger partial charge in [0, 0.05) is 16.5 Å². The van der Waals surface area contributed by atoms with Gasteiger partial charge in [-0.1, -0.05) is 34.1 Å². The van der Waals surface area contributed by atoms with Crippen molar-refractivity contribution in [1.82, 2.24) is 5.32 Å². The molecule has 0 aliphatic rings. The van der Waals surface area contributed by atoms with E-state index in [1.165, 1.54) is 20.3 Å². The Labute approximate surface area is 159 Å². The topological polar surface area (TPSA) is 81.7 Å². The van der Waals surface area contributed by atoms with Gasteiger partial charge in [0.25, 0.3) is 5.91 Å². The van der Waals surface area contributed by atoms with E-state index in [9.17, 15) is 14.4 Å². The molecule has 0 saturated heterocycles. The first-order chi connectivity index (χ1) is 12.4. The molecule has 1 atom stereocenters. The molecule has 2 aromatic rings. The number of carbonyl (C=O) groups excluding carboxylic acids is 3. The molecule has 2 rings (SSSR count). The smallest absolute Gasteiger partial charge is 0.337 e. The molecule has 7 heteroatoms. The summed E-state index contributed by atoms with van der Waals surface area (Å²) in [5.74, 6) is -1.58. The Morgan fingerprint density at radius 2 is 1.69 bits per heavy atom. The third kappa shape index (κ3) is 5.16. The molecule has 0 bridgehead atoms. The molecule has 0 aliphatic carbocycles. The van der Waals surface area contributed by atoms with Crippen molar-refractivity contribution >= 4 is 33.8 Å². The summed E-state index contributed by atoms with van der Waals surface area (Å²) in [5.41, 5.74) is 1.36. The summed E-state index contributed by atoms with van der Waals surface area (Å²) in [5, 5.41) is 2.66. The zero-order valence-electron chi connectivity index (χ0n) is 14.3.